The zero-order valence-electron chi connectivity index (χ0n) is 11.2. The second-order valence-electron chi connectivity index (χ2n) is 4.60. The Morgan fingerprint density at radius 1 is 1.10 bits per heavy atom. The van der Waals surface area contributed by atoms with Crippen molar-refractivity contribution in [2.24, 2.45) is 0 Å². The minimum atomic E-state index is 0.626. The molecule has 0 bridgehead atoms. The van der Waals surface area contributed by atoms with Crippen LogP contribution in [0, 0.1) is 0 Å². The Morgan fingerprint density at radius 2 is 2.00 bits per heavy atom. The molecule has 5 nitrogen and oxygen atoms in total. The number of nitrogens with one attached hydrogen (secondary N) is 1. The third kappa shape index (κ3) is 3.24. The summed E-state index contributed by atoms with van der Waals surface area (Å²) in [6.45, 7) is 2.88. The molecule has 3 rings (SSSR count). The molecule has 2 aromatic rings. The van der Waals surface area contributed by atoms with Gasteiger partial charge in [0.25, 0.3) is 0 Å². The summed E-state index contributed by atoms with van der Waals surface area (Å²) < 4.78 is 11.1. The number of hydrogen-bond donors (Lipinski definition) is 1. The highest BCUT2D eigenvalue weighted by Crippen LogP contribution is 2.30. The van der Waals surface area contributed by atoms with Crippen LogP contribution in [0.3, 0.4) is 0 Å². The van der Waals surface area contributed by atoms with Gasteiger partial charge in [0.15, 0.2) is 11.5 Å². The number of ether oxygens (including phenoxy) is 2. The molecule has 0 unspecified atom stereocenters. The van der Waals surface area contributed by atoms with Crippen LogP contribution in [0.15, 0.2) is 36.8 Å². The predicted octanol–water partition coefficient (Wildman–Crippen LogP) is 1.58. The number of rotatable bonds is 5. The van der Waals surface area contributed by atoms with Crippen molar-refractivity contribution in [3.8, 4) is 11.5 Å². The summed E-state index contributed by atoms with van der Waals surface area (Å²) in [5.74, 6) is 1.69. The molecule has 0 saturated carbocycles. The lowest BCUT2D eigenvalue weighted by Crippen LogP contribution is -2.18. The Balaban J connectivity index is 1.49. The molecule has 2 heterocycles. The van der Waals surface area contributed by atoms with Crippen LogP contribution in [0.1, 0.15) is 11.3 Å². The van der Waals surface area contributed by atoms with Crippen molar-refractivity contribution < 1.29 is 9.47 Å². The molecule has 0 aliphatic carbocycles. The molecule has 0 atom stereocenters. The van der Waals surface area contributed by atoms with Crippen LogP contribution in [0.2, 0.25) is 0 Å². The third-order valence-electron chi connectivity index (χ3n) is 3.12. The van der Waals surface area contributed by atoms with Crippen LogP contribution in [0.5, 0.6) is 11.5 Å². The maximum absolute atomic E-state index is 5.58. The zero-order valence-corrected chi connectivity index (χ0v) is 11.2. The van der Waals surface area contributed by atoms with E-state index in [1.807, 2.05) is 6.07 Å². The SMILES string of the molecule is c1cnc(CNCCc2ccc3c(c2)OCCO3)cn1. The molecule has 0 saturated heterocycles. The number of hydrogen-bond acceptors (Lipinski definition) is 5. The van der Waals surface area contributed by atoms with E-state index in [9.17, 15) is 0 Å². The number of fused-ring (bicyclic) bond motifs is 1. The molecule has 1 aliphatic heterocycles. The molecule has 0 amide bonds. The fourth-order valence-electron chi connectivity index (χ4n) is 2.11. The Kier molecular flexibility index (Phi) is 4.08. The van der Waals surface area contributed by atoms with Crippen LogP contribution >= 0.6 is 0 Å². The van der Waals surface area contributed by atoms with Crippen LogP contribution in [0.25, 0.3) is 0 Å². The van der Waals surface area contributed by atoms with Gasteiger partial charge < -0.3 is 14.8 Å². The molecule has 20 heavy (non-hydrogen) atoms. The highest BCUT2D eigenvalue weighted by Gasteiger charge is 2.11. The first-order chi connectivity index (χ1) is 9.92. The monoisotopic (exact) mass is 271 g/mol. The van der Waals surface area contributed by atoms with E-state index in [4.69, 9.17) is 9.47 Å². The molecular formula is C15H17N3O2. The summed E-state index contributed by atoms with van der Waals surface area (Å²) in [4.78, 5) is 8.26. The van der Waals surface area contributed by atoms with Crippen LogP contribution < -0.4 is 14.8 Å². The summed E-state index contributed by atoms with van der Waals surface area (Å²) in [6.07, 6.45) is 6.10. The quantitative estimate of drug-likeness (QED) is 0.837. The molecule has 104 valence electrons. The number of benzene rings is 1. The van der Waals surface area contributed by atoms with Crippen molar-refractivity contribution in [3.05, 3.63) is 48.0 Å². The van der Waals surface area contributed by atoms with E-state index in [1.165, 1.54) is 5.56 Å². The molecule has 0 radical (unpaired) electrons. The van der Waals surface area contributed by atoms with E-state index < -0.39 is 0 Å². The average molecular weight is 271 g/mol. The Hall–Kier alpha value is -2.14. The molecule has 1 aliphatic rings. The lowest BCUT2D eigenvalue weighted by atomic mass is 10.1. The first-order valence-corrected chi connectivity index (χ1v) is 6.76. The summed E-state index contributed by atoms with van der Waals surface area (Å²) in [7, 11) is 0. The van der Waals surface area contributed by atoms with Gasteiger partial charge in [0.05, 0.1) is 5.69 Å². The van der Waals surface area contributed by atoms with Gasteiger partial charge in [0, 0.05) is 25.1 Å². The van der Waals surface area contributed by atoms with E-state index in [2.05, 4.69) is 27.4 Å². The van der Waals surface area contributed by atoms with Crippen molar-refractivity contribution >= 4 is 0 Å². The van der Waals surface area contributed by atoms with Gasteiger partial charge in [0.1, 0.15) is 13.2 Å². The summed E-state index contributed by atoms with van der Waals surface area (Å²) >= 11 is 0. The maximum atomic E-state index is 5.58. The van der Waals surface area contributed by atoms with E-state index in [0.717, 1.165) is 36.7 Å². The second-order valence-corrected chi connectivity index (χ2v) is 4.60. The van der Waals surface area contributed by atoms with Crippen molar-refractivity contribution in [2.75, 3.05) is 19.8 Å². The summed E-state index contributed by atoms with van der Waals surface area (Å²) in [6, 6.07) is 6.11. The Labute approximate surface area is 118 Å². The van der Waals surface area contributed by atoms with Gasteiger partial charge >= 0.3 is 0 Å². The normalized spacial score (nSPS) is 13.2. The summed E-state index contributed by atoms with van der Waals surface area (Å²) in [5, 5.41) is 3.36. The number of aromatic nitrogens is 2. The Bertz CT molecular complexity index is 560. The Morgan fingerprint density at radius 3 is 2.85 bits per heavy atom. The number of nitrogens with zero attached hydrogens (tertiary/aromatic N) is 2. The predicted molar refractivity (Wildman–Crippen MR) is 74.9 cm³/mol. The molecule has 1 N–H and O–H groups in total. The topological polar surface area (TPSA) is 56.3 Å². The highest BCUT2D eigenvalue weighted by atomic mass is 16.6. The van der Waals surface area contributed by atoms with Crippen LogP contribution in [-0.2, 0) is 13.0 Å². The van der Waals surface area contributed by atoms with Gasteiger partial charge in [0.2, 0.25) is 0 Å². The van der Waals surface area contributed by atoms with Gasteiger partial charge in [-0.15, -0.1) is 0 Å². The van der Waals surface area contributed by atoms with Crippen molar-refractivity contribution in [1.29, 1.82) is 0 Å². The lowest BCUT2D eigenvalue weighted by molar-refractivity contribution is 0.171. The van der Waals surface area contributed by atoms with Crippen LogP contribution in [-0.4, -0.2) is 29.7 Å². The van der Waals surface area contributed by atoms with Crippen LogP contribution in [0.4, 0.5) is 0 Å². The van der Waals surface area contributed by atoms with E-state index in [0.29, 0.717) is 13.2 Å². The third-order valence-corrected chi connectivity index (χ3v) is 3.12. The van der Waals surface area contributed by atoms with Gasteiger partial charge in [-0.1, -0.05) is 6.07 Å². The molecule has 1 aromatic heterocycles. The smallest absolute Gasteiger partial charge is 0.161 e. The highest BCUT2D eigenvalue weighted by molar-refractivity contribution is 5.43. The molecule has 5 heteroatoms. The van der Waals surface area contributed by atoms with Crippen molar-refractivity contribution in [1.82, 2.24) is 15.3 Å². The molecule has 1 aromatic carbocycles. The minimum absolute atomic E-state index is 0.626. The first kappa shape index (κ1) is 12.9. The maximum Gasteiger partial charge on any atom is 0.161 e. The van der Waals surface area contributed by atoms with Gasteiger partial charge in [-0.05, 0) is 30.7 Å². The largest absolute Gasteiger partial charge is 0.486 e. The second kappa shape index (κ2) is 6.34. The van der Waals surface area contributed by atoms with Gasteiger partial charge in [-0.3, -0.25) is 9.97 Å². The van der Waals surface area contributed by atoms with E-state index >= 15 is 0 Å². The average Bonchev–Trinajstić information content (AvgIpc) is 2.52. The van der Waals surface area contributed by atoms with Crippen molar-refractivity contribution in [2.45, 2.75) is 13.0 Å². The fourth-order valence-corrected chi connectivity index (χ4v) is 2.11. The molecule has 0 spiro atoms. The fraction of sp³-hybridized carbons (Fsp3) is 0.333. The standard InChI is InChI=1S/C15H17N3O2/c1-2-14-15(20-8-7-19-14)9-12(1)3-4-16-10-13-11-17-5-6-18-13/h1-2,5-6,9,11,16H,3-4,7-8,10H2. The first-order valence-electron chi connectivity index (χ1n) is 6.76. The van der Waals surface area contributed by atoms with Crippen molar-refractivity contribution in [3.63, 3.8) is 0 Å². The zero-order chi connectivity index (χ0) is 13.6. The minimum Gasteiger partial charge on any atom is -0.486 e. The van der Waals surface area contributed by atoms with E-state index in [-0.39, 0.29) is 0 Å². The molecular weight excluding hydrogens is 254 g/mol. The van der Waals surface area contributed by atoms with Gasteiger partial charge in [-0.25, -0.2) is 0 Å². The van der Waals surface area contributed by atoms with Gasteiger partial charge in [-0.2, -0.15) is 0 Å². The molecule has 0 fully saturated rings. The summed E-state index contributed by atoms with van der Waals surface area (Å²) in [5.41, 5.74) is 2.19. The lowest BCUT2D eigenvalue weighted by Gasteiger charge is -2.18. The van der Waals surface area contributed by atoms with E-state index in [1.54, 1.807) is 18.6 Å².